The molecule has 1 atom stereocenters. The highest BCUT2D eigenvalue weighted by atomic mass is 16.6. The van der Waals surface area contributed by atoms with Gasteiger partial charge in [0, 0.05) is 18.7 Å². The Hall–Kier alpha value is -3.10. The quantitative estimate of drug-likeness (QED) is 0.453. The van der Waals surface area contributed by atoms with Gasteiger partial charge in [-0.05, 0) is 44.9 Å². The Bertz CT molecular complexity index is 770. The smallest absolute Gasteiger partial charge is 0.407 e. The number of imide groups is 1. The summed E-state index contributed by atoms with van der Waals surface area (Å²) in [5.74, 6) is -1.39. The lowest BCUT2D eigenvalue weighted by atomic mass is 10.0. The van der Waals surface area contributed by atoms with Crippen molar-refractivity contribution in [1.82, 2.24) is 16.0 Å². The van der Waals surface area contributed by atoms with E-state index in [0.29, 0.717) is 5.56 Å². The minimum Gasteiger partial charge on any atom is -0.444 e. The van der Waals surface area contributed by atoms with Gasteiger partial charge < -0.3 is 21.1 Å². The third kappa shape index (κ3) is 5.98. The summed E-state index contributed by atoms with van der Waals surface area (Å²) in [5.41, 5.74) is 6.45. The molecule has 0 saturated carbocycles. The van der Waals surface area contributed by atoms with Gasteiger partial charge in [-0.25, -0.2) is 4.79 Å². The second-order valence-electron chi connectivity index (χ2n) is 7.25. The fraction of sp³-hybridized carbons (Fsp3) is 0.444. The van der Waals surface area contributed by atoms with Crippen molar-refractivity contribution in [3.63, 3.8) is 0 Å². The maximum atomic E-state index is 12.3. The van der Waals surface area contributed by atoms with Crippen LogP contribution in [0, 0.1) is 0 Å². The van der Waals surface area contributed by atoms with Crippen LogP contribution >= 0.6 is 0 Å². The predicted molar refractivity (Wildman–Crippen MR) is 97.6 cm³/mol. The minimum atomic E-state index is -0.775. The molecule has 1 aromatic carbocycles. The first-order valence-electron chi connectivity index (χ1n) is 8.55. The van der Waals surface area contributed by atoms with Crippen LogP contribution in [0.3, 0.4) is 0 Å². The molecule has 0 radical (unpaired) electrons. The first-order chi connectivity index (χ1) is 12.5. The van der Waals surface area contributed by atoms with Gasteiger partial charge in [0.25, 0.3) is 5.91 Å². The zero-order valence-electron chi connectivity index (χ0n) is 15.5. The van der Waals surface area contributed by atoms with E-state index in [0.717, 1.165) is 0 Å². The third-order valence-corrected chi connectivity index (χ3v) is 3.74. The topological polar surface area (TPSA) is 140 Å². The lowest BCUT2D eigenvalue weighted by molar-refractivity contribution is -0.134. The molecule has 1 aliphatic heterocycles. The zero-order valence-corrected chi connectivity index (χ0v) is 15.5. The highest BCUT2D eigenvalue weighted by molar-refractivity contribution is 6.05. The number of anilines is 1. The molecule has 0 aromatic heterocycles. The Morgan fingerprint density at radius 2 is 2.00 bits per heavy atom. The van der Waals surface area contributed by atoms with Crippen molar-refractivity contribution >= 4 is 29.5 Å². The van der Waals surface area contributed by atoms with Gasteiger partial charge in [0.15, 0.2) is 0 Å². The Morgan fingerprint density at radius 1 is 1.30 bits per heavy atom. The van der Waals surface area contributed by atoms with Crippen LogP contribution in [0.25, 0.3) is 0 Å². The summed E-state index contributed by atoms with van der Waals surface area (Å²) < 4.78 is 5.15. The number of hydrogen-bond donors (Lipinski definition) is 4. The number of nitrogen functional groups attached to an aromatic ring is 1. The summed E-state index contributed by atoms with van der Waals surface area (Å²) in [4.78, 5) is 46.9. The third-order valence-electron chi connectivity index (χ3n) is 3.74. The van der Waals surface area contributed by atoms with Crippen LogP contribution in [0.5, 0.6) is 0 Å². The monoisotopic (exact) mass is 376 g/mol. The first kappa shape index (κ1) is 20.2. The first-order valence-corrected chi connectivity index (χ1v) is 8.55. The maximum absolute atomic E-state index is 12.3. The summed E-state index contributed by atoms with van der Waals surface area (Å²) in [7, 11) is 0. The molecule has 0 spiro atoms. The van der Waals surface area contributed by atoms with E-state index < -0.39 is 29.6 Å². The number of alkyl carbamates (subject to hydrolysis) is 1. The predicted octanol–water partition coefficient (Wildman–Crippen LogP) is 0.829. The van der Waals surface area contributed by atoms with E-state index in [-0.39, 0.29) is 36.5 Å². The number of carbonyl (C=O) groups is 4. The maximum Gasteiger partial charge on any atom is 0.407 e. The molecule has 1 saturated heterocycles. The second kappa shape index (κ2) is 8.07. The molecule has 1 unspecified atom stereocenters. The van der Waals surface area contributed by atoms with Gasteiger partial charge in [-0.3, -0.25) is 19.7 Å². The van der Waals surface area contributed by atoms with Gasteiger partial charge in [0.2, 0.25) is 11.8 Å². The van der Waals surface area contributed by atoms with E-state index in [1.165, 1.54) is 6.07 Å². The van der Waals surface area contributed by atoms with E-state index in [1.807, 2.05) is 0 Å². The molecular formula is C18H24N4O5. The fourth-order valence-corrected chi connectivity index (χ4v) is 2.48. The molecule has 1 aliphatic rings. The van der Waals surface area contributed by atoms with E-state index in [1.54, 1.807) is 32.9 Å². The van der Waals surface area contributed by atoms with E-state index in [2.05, 4.69) is 16.0 Å². The molecule has 4 amide bonds. The number of nitrogens with two attached hydrogens (primary N) is 1. The average Bonchev–Trinajstić information content (AvgIpc) is 2.54. The van der Waals surface area contributed by atoms with Crippen LogP contribution in [0.2, 0.25) is 0 Å². The Balaban J connectivity index is 1.95. The average molecular weight is 376 g/mol. The van der Waals surface area contributed by atoms with Crippen LogP contribution in [0.1, 0.15) is 49.5 Å². The van der Waals surface area contributed by atoms with Crippen molar-refractivity contribution in [3.8, 4) is 0 Å². The SMILES string of the molecule is CC(C)(C)OC(=O)NCc1ccc(C(=O)NC2CCC(=O)NC2=O)c(N)c1. The molecule has 27 heavy (non-hydrogen) atoms. The molecule has 0 bridgehead atoms. The number of nitrogens with one attached hydrogen (secondary N) is 3. The molecule has 2 rings (SSSR count). The Labute approximate surface area is 157 Å². The summed E-state index contributed by atoms with van der Waals surface area (Å²) in [6, 6.07) is 3.95. The number of rotatable bonds is 4. The van der Waals surface area contributed by atoms with E-state index >= 15 is 0 Å². The van der Waals surface area contributed by atoms with Gasteiger partial charge >= 0.3 is 6.09 Å². The molecule has 0 aliphatic carbocycles. The minimum absolute atomic E-state index is 0.168. The molecule has 146 valence electrons. The molecule has 9 nitrogen and oxygen atoms in total. The zero-order chi connectivity index (χ0) is 20.2. The number of hydrogen-bond acceptors (Lipinski definition) is 6. The van der Waals surface area contributed by atoms with Crippen molar-refractivity contribution in [3.05, 3.63) is 29.3 Å². The largest absolute Gasteiger partial charge is 0.444 e. The van der Waals surface area contributed by atoms with E-state index in [9.17, 15) is 19.2 Å². The van der Waals surface area contributed by atoms with Crippen LogP contribution in [0.4, 0.5) is 10.5 Å². The molecule has 5 N–H and O–H groups in total. The van der Waals surface area contributed by atoms with Crippen molar-refractivity contribution in [2.24, 2.45) is 0 Å². The molecule has 1 fully saturated rings. The van der Waals surface area contributed by atoms with Crippen molar-refractivity contribution in [2.45, 2.75) is 51.8 Å². The lowest BCUT2D eigenvalue weighted by Crippen LogP contribution is -2.52. The van der Waals surface area contributed by atoms with Crippen LogP contribution in [-0.4, -0.2) is 35.5 Å². The molecule has 9 heteroatoms. The normalized spacial score (nSPS) is 17.1. The van der Waals surface area contributed by atoms with Gasteiger partial charge in [-0.2, -0.15) is 0 Å². The standard InChI is InChI=1S/C18H24N4O5/c1-18(2,3)27-17(26)20-9-10-4-5-11(12(19)8-10)15(24)21-13-6-7-14(23)22-16(13)25/h4-5,8,13H,6-7,9,19H2,1-3H3,(H,20,26)(H,21,24)(H,22,23,25). The fourth-order valence-electron chi connectivity index (χ4n) is 2.48. The highest BCUT2D eigenvalue weighted by Gasteiger charge is 2.28. The summed E-state index contributed by atoms with van der Waals surface area (Å²) >= 11 is 0. The number of carbonyl (C=O) groups excluding carboxylic acids is 4. The number of amides is 4. The number of ether oxygens (including phenoxy) is 1. The van der Waals surface area contributed by atoms with Gasteiger partial charge in [0.05, 0.1) is 5.56 Å². The van der Waals surface area contributed by atoms with Crippen molar-refractivity contribution in [1.29, 1.82) is 0 Å². The molecule has 1 aromatic rings. The molecule has 1 heterocycles. The van der Waals surface area contributed by atoms with Crippen LogP contribution < -0.4 is 21.7 Å². The summed E-state index contributed by atoms with van der Waals surface area (Å²) in [6.07, 6.45) is -0.143. The van der Waals surface area contributed by atoms with Crippen molar-refractivity contribution < 1.29 is 23.9 Å². The van der Waals surface area contributed by atoms with Gasteiger partial charge in [0.1, 0.15) is 11.6 Å². The number of piperidine rings is 1. The Morgan fingerprint density at radius 3 is 2.59 bits per heavy atom. The van der Waals surface area contributed by atoms with Crippen LogP contribution in [0.15, 0.2) is 18.2 Å². The summed E-state index contributed by atoms with van der Waals surface area (Å²) in [5, 5.41) is 7.35. The Kier molecular flexibility index (Phi) is 6.04. The lowest BCUT2D eigenvalue weighted by Gasteiger charge is -2.22. The highest BCUT2D eigenvalue weighted by Crippen LogP contribution is 2.16. The van der Waals surface area contributed by atoms with Crippen LogP contribution in [-0.2, 0) is 20.9 Å². The number of benzene rings is 1. The van der Waals surface area contributed by atoms with Crippen molar-refractivity contribution in [2.75, 3.05) is 5.73 Å². The molecular weight excluding hydrogens is 352 g/mol. The van der Waals surface area contributed by atoms with Gasteiger partial charge in [-0.15, -0.1) is 0 Å². The van der Waals surface area contributed by atoms with Gasteiger partial charge in [-0.1, -0.05) is 6.07 Å². The summed E-state index contributed by atoms with van der Waals surface area (Å²) in [6.45, 7) is 5.48. The van der Waals surface area contributed by atoms with E-state index in [4.69, 9.17) is 10.5 Å². The second-order valence-corrected chi connectivity index (χ2v) is 7.25.